The van der Waals surface area contributed by atoms with Gasteiger partial charge in [0.05, 0.1) is 11.7 Å². The van der Waals surface area contributed by atoms with E-state index in [9.17, 15) is 0 Å². The van der Waals surface area contributed by atoms with Gasteiger partial charge in [-0.1, -0.05) is 0 Å². The van der Waals surface area contributed by atoms with Crippen molar-refractivity contribution in [2.24, 2.45) is 0 Å². The van der Waals surface area contributed by atoms with Crippen LogP contribution in [0.4, 0.5) is 11.6 Å². The summed E-state index contributed by atoms with van der Waals surface area (Å²) >= 11 is 0. The third-order valence-electron chi connectivity index (χ3n) is 6.23. The Labute approximate surface area is 154 Å². The second-order valence-corrected chi connectivity index (χ2v) is 7.88. The first-order chi connectivity index (χ1) is 12.8. The van der Waals surface area contributed by atoms with E-state index >= 15 is 0 Å². The molecule has 5 rings (SSSR count). The van der Waals surface area contributed by atoms with Gasteiger partial charge >= 0.3 is 0 Å². The lowest BCUT2D eigenvalue weighted by molar-refractivity contribution is 0.483. The fraction of sp³-hybridized carbons (Fsp3) is 0.600. The number of fused-ring (bicyclic) bond motifs is 2. The lowest BCUT2D eigenvalue weighted by Crippen LogP contribution is -2.59. The average Bonchev–Trinajstić information content (AvgIpc) is 2.66. The summed E-state index contributed by atoms with van der Waals surface area (Å²) in [5.74, 6) is 2.18. The van der Waals surface area contributed by atoms with E-state index in [0.29, 0.717) is 6.04 Å². The number of likely N-dealkylation sites (N-methyl/N-ethyl adjacent to an activating group) is 1. The summed E-state index contributed by atoms with van der Waals surface area (Å²) in [4.78, 5) is 13.8. The van der Waals surface area contributed by atoms with Crippen molar-refractivity contribution in [1.82, 2.24) is 20.2 Å². The molecule has 1 aliphatic heterocycles. The summed E-state index contributed by atoms with van der Waals surface area (Å²) in [6.07, 6.45) is 11.2. The van der Waals surface area contributed by atoms with Crippen molar-refractivity contribution in [2.75, 3.05) is 29.9 Å². The Hall–Kier alpha value is -2.24. The van der Waals surface area contributed by atoms with Crippen molar-refractivity contribution < 1.29 is 0 Å². The van der Waals surface area contributed by atoms with Crippen LogP contribution in [0.3, 0.4) is 0 Å². The van der Waals surface area contributed by atoms with Crippen LogP contribution in [0.15, 0.2) is 12.4 Å². The second kappa shape index (κ2) is 6.49. The Morgan fingerprint density at radius 1 is 0.923 bits per heavy atom. The van der Waals surface area contributed by atoms with E-state index in [4.69, 9.17) is 0 Å². The lowest BCUT2D eigenvalue weighted by Gasteiger charge is -2.45. The van der Waals surface area contributed by atoms with Crippen LogP contribution in [0.25, 0.3) is 0 Å². The Morgan fingerprint density at radius 3 is 2.58 bits per heavy atom. The molecule has 26 heavy (non-hydrogen) atoms. The maximum Gasteiger partial charge on any atom is 0.151 e. The second-order valence-electron chi connectivity index (χ2n) is 7.88. The summed E-state index contributed by atoms with van der Waals surface area (Å²) < 4.78 is 0. The first kappa shape index (κ1) is 16.0. The fourth-order valence-electron chi connectivity index (χ4n) is 4.50. The average molecular weight is 350 g/mol. The van der Waals surface area contributed by atoms with E-state index in [2.05, 4.69) is 43.1 Å². The van der Waals surface area contributed by atoms with Crippen molar-refractivity contribution in [3.8, 4) is 0 Å². The first-order valence-electron chi connectivity index (χ1n) is 9.95. The van der Waals surface area contributed by atoms with Gasteiger partial charge in [0.25, 0.3) is 0 Å². The number of hydrogen-bond acceptors (Lipinski definition) is 6. The van der Waals surface area contributed by atoms with Crippen molar-refractivity contribution in [2.45, 2.75) is 57.4 Å². The van der Waals surface area contributed by atoms with Crippen molar-refractivity contribution in [3.05, 3.63) is 34.9 Å². The standard InChI is InChI=1S/C20H26N6/c1-25(20-16-7-3-5-9-18(16)21-13-22-20)15-11-26(12-15)19-10-14-6-2-4-8-17(14)23-24-19/h10,13,15H,2-9,11-12H2,1H3. The van der Waals surface area contributed by atoms with Gasteiger partial charge in [-0.15, -0.1) is 5.10 Å². The molecule has 2 aliphatic carbocycles. The van der Waals surface area contributed by atoms with E-state index in [1.165, 1.54) is 48.2 Å². The van der Waals surface area contributed by atoms with Gasteiger partial charge in [0.2, 0.25) is 0 Å². The maximum atomic E-state index is 4.62. The molecule has 0 unspecified atom stereocenters. The number of nitrogens with zero attached hydrogens (tertiary/aromatic N) is 6. The highest BCUT2D eigenvalue weighted by atomic mass is 15.4. The minimum Gasteiger partial charge on any atom is -0.353 e. The highest BCUT2D eigenvalue weighted by Gasteiger charge is 2.33. The molecule has 136 valence electrons. The predicted molar refractivity (Wildman–Crippen MR) is 102 cm³/mol. The molecule has 0 bridgehead atoms. The molecule has 1 saturated heterocycles. The van der Waals surface area contributed by atoms with Crippen LogP contribution >= 0.6 is 0 Å². The predicted octanol–water partition coefficient (Wildman–Crippen LogP) is 2.35. The molecular formula is C20H26N6. The molecule has 0 atom stereocenters. The summed E-state index contributed by atoms with van der Waals surface area (Å²) in [5, 5.41) is 8.96. The van der Waals surface area contributed by atoms with Crippen LogP contribution in [0, 0.1) is 0 Å². The lowest BCUT2D eigenvalue weighted by atomic mass is 9.95. The van der Waals surface area contributed by atoms with Crippen LogP contribution in [-0.2, 0) is 25.7 Å². The van der Waals surface area contributed by atoms with Gasteiger partial charge < -0.3 is 9.80 Å². The molecule has 1 fully saturated rings. The van der Waals surface area contributed by atoms with Crippen LogP contribution < -0.4 is 9.80 Å². The SMILES string of the molecule is CN(c1ncnc2c1CCCC2)C1CN(c2cc3c(nn2)CCCC3)C1. The van der Waals surface area contributed by atoms with Gasteiger partial charge in [-0.3, -0.25) is 0 Å². The minimum absolute atomic E-state index is 0.480. The zero-order chi connectivity index (χ0) is 17.5. The monoisotopic (exact) mass is 350 g/mol. The molecule has 0 amide bonds. The van der Waals surface area contributed by atoms with Crippen LogP contribution in [0.2, 0.25) is 0 Å². The van der Waals surface area contributed by atoms with Gasteiger partial charge in [0.15, 0.2) is 5.82 Å². The summed E-state index contributed by atoms with van der Waals surface area (Å²) in [6.45, 7) is 1.98. The molecule has 0 N–H and O–H groups in total. The topological polar surface area (TPSA) is 58.0 Å². The molecule has 6 nitrogen and oxygen atoms in total. The van der Waals surface area contributed by atoms with Gasteiger partial charge in [0.1, 0.15) is 12.1 Å². The quantitative estimate of drug-likeness (QED) is 0.847. The van der Waals surface area contributed by atoms with E-state index in [1.54, 1.807) is 6.33 Å². The van der Waals surface area contributed by atoms with Crippen molar-refractivity contribution >= 4 is 11.6 Å². The zero-order valence-corrected chi connectivity index (χ0v) is 15.5. The number of aromatic nitrogens is 4. The maximum absolute atomic E-state index is 4.62. The van der Waals surface area contributed by atoms with Crippen LogP contribution in [0.5, 0.6) is 0 Å². The smallest absolute Gasteiger partial charge is 0.151 e. The Bertz CT molecular complexity index is 814. The zero-order valence-electron chi connectivity index (χ0n) is 15.5. The molecular weight excluding hydrogens is 324 g/mol. The summed E-state index contributed by atoms with van der Waals surface area (Å²) in [5.41, 5.74) is 5.24. The number of anilines is 2. The molecule has 2 aromatic rings. The fourth-order valence-corrected chi connectivity index (χ4v) is 4.50. The first-order valence-corrected chi connectivity index (χ1v) is 9.95. The molecule has 3 aliphatic rings. The molecule has 0 aromatic carbocycles. The van der Waals surface area contributed by atoms with Crippen molar-refractivity contribution in [1.29, 1.82) is 0 Å². The highest BCUT2D eigenvalue weighted by molar-refractivity contribution is 5.53. The normalized spacial score (nSPS) is 19.5. The molecule has 2 aromatic heterocycles. The summed E-state index contributed by atoms with van der Waals surface area (Å²) in [6, 6.07) is 2.75. The third kappa shape index (κ3) is 2.72. The van der Waals surface area contributed by atoms with Crippen LogP contribution in [-0.4, -0.2) is 46.3 Å². The van der Waals surface area contributed by atoms with E-state index in [0.717, 1.165) is 50.4 Å². The van der Waals surface area contributed by atoms with Gasteiger partial charge in [-0.2, -0.15) is 5.10 Å². The van der Waals surface area contributed by atoms with E-state index in [1.807, 2.05) is 0 Å². The minimum atomic E-state index is 0.480. The molecule has 0 spiro atoms. The van der Waals surface area contributed by atoms with E-state index < -0.39 is 0 Å². The van der Waals surface area contributed by atoms with Crippen molar-refractivity contribution in [3.63, 3.8) is 0 Å². The number of rotatable bonds is 3. The van der Waals surface area contributed by atoms with E-state index in [-0.39, 0.29) is 0 Å². The number of hydrogen-bond donors (Lipinski definition) is 0. The van der Waals surface area contributed by atoms with Gasteiger partial charge in [-0.25, -0.2) is 9.97 Å². The molecule has 3 heterocycles. The molecule has 6 heteroatoms. The Balaban J connectivity index is 1.30. The molecule has 0 radical (unpaired) electrons. The Kier molecular flexibility index (Phi) is 3.98. The largest absolute Gasteiger partial charge is 0.353 e. The van der Waals surface area contributed by atoms with Gasteiger partial charge in [0, 0.05) is 31.4 Å². The van der Waals surface area contributed by atoms with Gasteiger partial charge in [-0.05, 0) is 63.0 Å². The summed E-state index contributed by atoms with van der Waals surface area (Å²) in [7, 11) is 2.18. The molecule has 0 saturated carbocycles. The highest BCUT2D eigenvalue weighted by Crippen LogP contribution is 2.31. The number of aryl methyl sites for hydroxylation is 3. The van der Waals surface area contributed by atoms with Crippen LogP contribution in [0.1, 0.15) is 48.2 Å². The Morgan fingerprint density at radius 2 is 1.69 bits per heavy atom. The third-order valence-corrected chi connectivity index (χ3v) is 6.23.